The minimum Gasteiger partial charge on any atom is -0.349 e. The Bertz CT molecular complexity index is 464. The van der Waals surface area contributed by atoms with E-state index in [1.165, 1.54) is 0 Å². The van der Waals surface area contributed by atoms with E-state index in [9.17, 15) is 4.79 Å². The zero-order chi connectivity index (χ0) is 14.5. The second-order valence-corrected chi connectivity index (χ2v) is 6.08. The summed E-state index contributed by atoms with van der Waals surface area (Å²) < 4.78 is 0. The number of carbonyl (C=O) groups is 1. The molecule has 1 amide bonds. The van der Waals surface area contributed by atoms with Crippen molar-refractivity contribution in [2.45, 2.75) is 51.1 Å². The lowest BCUT2D eigenvalue weighted by Gasteiger charge is -2.20. The second kappa shape index (κ2) is 7.09. The first-order valence-electron chi connectivity index (χ1n) is 7.40. The van der Waals surface area contributed by atoms with Crippen molar-refractivity contribution in [2.24, 2.45) is 11.7 Å². The van der Waals surface area contributed by atoms with Crippen molar-refractivity contribution >= 4 is 17.5 Å². The van der Waals surface area contributed by atoms with E-state index < -0.39 is 0 Å². The number of nitrogens with two attached hydrogens (primary N) is 1. The van der Waals surface area contributed by atoms with Crippen LogP contribution in [0.2, 0.25) is 5.02 Å². The maximum absolute atomic E-state index is 12.2. The van der Waals surface area contributed by atoms with E-state index in [2.05, 4.69) is 12.2 Å². The van der Waals surface area contributed by atoms with Gasteiger partial charge in [-0.3, -0.25) is 4.79 Å². The molecule has 0 radical (unpaired) electrons. The topological polar surface area (TPSA) is 55.1 Å². The molecule has 2 rings (SSSR count). The summed E-state index contributed by atoms with van der Waals surface area (Å²) in [6, 6.07) is 7.89. The fourth-order valence-electron chi connectivity index (χ4n) is 2.95. The van der Waals surface area contributed by atoms with Gasteiger partial charge in [-0.1, -0.05) is 37.1 Å². The molecule has 1 saturated carbocycles. The molecule has 1 fully saturated rings. The zero-order valence-corrected chi connectivity index (χ0v) is 12.7. The molecule has 20 heavy (non-hydrogen) atoms. The van der Waals surface area contributed by atoms with E-state index in [0.29, 0.717) is 17.4 Å². The van der Waals surface area contributed by atoms with Crippen LogP contribution >= 0.6 is 11.6 Å². The van der Waals surface area contributed by atoms with Crippen LogP contribution in [0.5, 0.6) is 0 Å². The van der Waals surface area contributed by atoms with Gasteiger partial charge < -0.3 is 11.1 Å². The predicted octanol–water partition coefficient (Wildman–Crippen LogP) is 3.42. The van der Waals surface area contributed by atoms with Gasteiger partial charge in [0.05, 0.1) is 6.04 Å². The Hall–Kier alpha value is -1.06. The molecule has 0 aliphatic heterocycles. The number of hydrogen-bond acceptors (Lipinski definition) is 2. The first-order chi connectivity index (χ1) is 9.60. The maximum Gasteiger partial charge on any atom is 0.220 e. The average Bonchev–Trinajstić information content (AvgIpc) is 2.81. The third kappa shape index (κ3) is 3.97. The lowest BCUT2D eigenvalue weighted by Crippen LogP contribution is -2.33. The summed E-state index contributed by atoms with van der Waals surface area (Å²) in [7, 11) is 0. The fourth-order valence-corrected chi connectivity index (χ4v) is 3.15. The Balaban J connectivity index is 1.94. The molecule has 3 nitrogen and oxygen atoms in total. The number of carbonyl (C=O) groups excluding carboxylic acids is 1. The summed E-state index contributed by atoms with van der Waals surface area (Å²) in [6.07, 6.45) is 4.65. The fraction of sp³-hybridized carbons (Fsp3) is 0.562. The van der Waals surface area contributed by atoms with Gasteiger partial charge in [0.15, 0.2) is 0 Å². The molecule has 0 aromatic heterocycles. The molecular formula is C16H23ClN2O. The molecule has 1 aliphatic rings. The SMILES string of the molecule is CCC(NC(=O)C[C@@H]1CCC[C@H]1N)c1cccc(Cl)c1. The van der Waals surface area contributed by atoms with Gasteiger partial charge in [-0.05, 0) is 42.9 Å². The van der Waals surface area contributed by atoms with Gasteiger partial charge in [-0.2, -0.15) is 0 Å². The van der Waals surface area contributed by atoms with Crippen molar-refractivity contribution in [1.29, 1.82) is 0 Å². The number of nitrogens with one attached hydrogen (secondary N) is 1. The summed E-state index contributed by atoms with van der Waals surface area (Å²) in [4.78, 5) is 12.2. The van der Waals surface area contributed by atoms with Gasteiger partial charge in [0.2, 0.25) is 5.91 Å². The molecule has 0 saturated heterocycles. The van der Waals surface area contributed by atoms with Crippen LogP contribution in [0.3, 0.4) is 0 Å². The molecule has 0 heterocycles. The van der Waals surface area contributed by atoms with Crippen molar-refractivity contribution in [3.8, 4) is 0 Å². The van der Waals surface area contributed by atoms with Crippen molar-refractivity contribution in [2.75, 3.05) is 0 Å². The van der Waals surface area contributed by atoms with Crippen molar-refractivity contribution in [3.05, 3.63) is 34.9 Å². The molecule has 4 heteroatoms. The van der Waals surface area contributed by atoms with Gasteiger partial charge in [0, 0.05) is 17.5 Å². The normalized spacial score (nSPS) is 23.6. The van der Waals surface area contributed by atoms with E-state index in [-0.39, 0.29) is 18.0 Å². The Labute approximate surface area is 125 Å². The van der Waals surface area contributed by atoms with Crippen LogP contribution in [0.4, 0.5) is 0 Å². The second-order valence-electron chi connectivity index (χ2n) is 5.64. The molecule has 1 unspecified atom stereocenters. The monoisotopic (exact) mass is 294 g/mol. The number of rotatable bonds is 5. The van der Waals surface area contributed by atoms with E-state index in [1.54, 1.807) is 0 Å². The van der Waals surface area contributed by atoms with Gasteiger partial charge in [-0.15, -0.1) is 0 Å². The third-order valence-corrected chi connectivity index (χ3v) is 4.40. The summed E-state index contributed by atoms with van der Waals surface area (Å²) in [5.41, 5.74) is 7.08. The molecule has 1 aromatic rings. The van der Waals surface area contributed by atoms with Crippen LogP contribution in [-0.2, 0) is 4.79 Å². The molecule has 1 aliphatic carbocycles. The highest BCUT2D eigenvalue weighted by molar-refractivity contribution is 6.30. The number of hydrogen-bond donors (Lipinski definition) is 2. The molecule has 0 bridgehead atoms. The van der Waals surface area contributed by atoms with Crippen LogP contribution in [0.25, 0.3) is 0 Å². The van der Waals surface area contributed by atoms with Crippen LogP contribution in [0, 0.1) is 5.92 Å². The van der Waals surface area contributed by atoms with Crippen molar-refractivity contribution < 1.29 is 4.79 Å². The Morgan fingerprint density at radius 1 is 1.50 bits per heavy atom. The van der Waals surface area contributed by atoms with Gasteiger partial charge in [0.1, 0.15) is 0 Å². The van der Waals surface area contributed by atoms with Gasteiger partial charge >= 0.3 is 0 Å². The number of halogens is 1. The first kappa shape index (κ1) is 15.3. The van der Waals surface area contributed by atoms with Crippen LogP contribution in [0.1, 0.15) is 50.6 Å². The molecule has 110 valence electrons. The Kier molecular flexibility index (Phi) is 5.44. The molecular weight excluding hydrogens is 272 g/mol. The van der Waals surface area contributed by atoms with E-state index in [0.717, 1.165) is 31.2 Å². The summed E-state index contributed by atoms with van der Waals surface area (Å²) >= 11 is 6.01. The molecule has 0 spiro atoms. The highest BCUT2D eigenvalue weighted by atomic mass is 35.5. The molecule has 1 aromatic carbocycles. The van der Waals surface area contributed by atoms with Gasteiger partial charge in [0.25, 0.3) is 0 Å². The highest BCUT2D eigenvalue weighted by Crippen LogP contribution is 2.27. The largest absolute Gasteiger partial charge is 0.349 e. The van der Waals surface area contributed by atoms with Crippen molar-refractivity contribution in [1.82, 2.24) is 5.32 Å². The molecule has 3 atom stereocenters. The predicted molar refractivity (Wildman–Crippen MR) is 82.6 cm³/mol. The number of benzene rings is 1. The number of amides is 1. The van der Waals surface area contributed by atoms with Crippen LogP contribution in [-0.4, -0.2) is 11.9 Å². The zero-order valence-electron chi connectivity index (χ0n) is 11.9. The lowest BCUT2D eigenvalue weighted by molar-refractivity contribution is -0.122. The van der Waals surface area contributed by atoms with Crippen molar-refractivity contribution in [3.63, 3.8) is 0 Å². The minimum atomic E-state index is 0.0267. The van der Waals surface area contributed by atoms with E-state index in [1.807, 2.05) is 24.3 Å². The quantitative estimate of drug-likeness (QED) is 0.874. The van der Waals surface area contributed by atoms with Crippen LogP contribution in [0.15, 0.2) is 24.3 Å². The standard InChI is InChI=1S/C16H23ClN2O/c1-2-15(12-6-3-7-13(17)9-12)19-16(20)10-11-5-4-8-14(11)18/h3,6-7,9,11,14-15H,2,4-5,8,10,18H2,1H3,(H,19,20)/t11-,14+,15?/m0/s1. The Morgan fingerprint density at radius 3 is 2.90 bits per heavy atom. The summed E-state index contributed by atoms with van der Waals surface area (Å²) in [5, 5.41) is 3.81. The minimum absolute atomic E-state index is 0.0267. The lowest BCUT2D eigenvalue weighted by atomic mass is 9.98. The first-order valence-corrected chi connectivity index (χ1v) is 7.78. The van der Waals surface area contributed by atoms with Crippen LogP contribution < -0.4 is 11.1 Å². The summed E-state index contributed by atoms with van der Waals surface area (Å²) in [6.45, 7) is 2.06. The highest BCUT2D eigenvalue weighted by Gasteiger charge is 2.26. The third-order valence-electron chi connectivity index (χ3n) is 4.16. The summed E-state index contributed by atoms with van der Waals surface area (Å²) in [5.74, 6) is 0.436. The average molecular weight is 295 g/mol. The van der Waals surface area contributed by atoms with E-state index in [4.69, 9.17) is 17.3 Å². The smallest absolute Gasteiger partial charge is 0.220 e. The van der Waals surface area contributed by atoms with Gasteiger partial charge in [-0.25, -0.2) is 0 Å². The Morgan fingerprint density at radius 2 is 2.30 bits per heavy atom. The molecule has 3 N–H and O–H groups in total. The maximum atomic E-state index is 12.2. The van der Waals surface area contributed by atoms with E-state index >= 15 is 0 Å².